The van der Waals surface area contributed by atoms with Crippen LogP contribution in [0.2, 0.25) is 57.9 Å². The molecule has 4 nitrogen and oxygen atoms in total. The molecule has 0 spiro atoms. The van der Waals surface area contributed by atoms with E-state index in [-0.39, 0.29) is 12.8 Å². The van der Waals surface area contributed by atoms with E-state index in [1.165, 1.54) is 13.2 Å². The molecule has 0 aromatic carbocycles. The van der Waals surface area contributed by atoms with Crippen molar-refractivity contribution in [3.05, 3.63) is 0 Å². The van der Waals surface area contributed by atoms with Crippen molar-refractivity contribution in [2.45, 2.75) is 96.0 Å². The van der Waals surface area contributed by atoms with Crippen LogP contribution in [0.1, 0.15) is 25.7 Å². The van der Waals surface area contributed by atoms with Crippen molar-refractivity contribution < 1.29 is 26.3 Å². The lowest BCUT2D eigenvalue weighted by Gasteiger charge is -2.21. The summed E-state index contributed by atoms with van der Waals surface area (Å²) in [6.07, 6.45) is -5.65. The van der Waals surface area contributed by atoms with Gasteiger partial charge in [-0.1, -0.05) is 57.9 Å². The van der Waals surface area contributed by atoms with E-state index in [0.717, 1.165) is 24.4 Å². The quantitative estimate of drug-likeness (QED) is 0.164. The van der Waals surface area contributed by atoms with Gasteiger partial charge in [-0.2, -0.15) is 26.3 Å². The van der Waals surface area contributed by atoms with Crippen molar-refractivity contribution in [1.29, 1.82) is 0 Å². The van der Waals surface area contributed by atoms with Gasteiger partial charge in [-0.05, 0) is 59.5 Å². The molecule has 218 valence electrons. The third-order valence-electron chi connectivity index (χ3n) is 4.65. The minimum absolute atomic E-state index is 0.282. The molecule has 0 saturated carbocycles. The molecule has 13 heteroatoms. The first-order valence-corrected chi connectivity index (χ1v) is 22.8. The lowest BCUT2D eigenvalue weighted by Crippen LogP contribution is -2.38. The molecule has 0 unspecified atom stereocenters. The molecule has 0 saturated heterocycles. The van der Waals surface area contributed by atoms with Crippen LogP contribution in [-0.2, 0) is 0 Å². The van der Waals surface area contributed by atoms with Gasteiger partial charge in [0, 0.05) is 12.8 Å². The normalized spacial score (nSPS) is 12.5. The third kappa shape index (κ3) is 44.5. The molecule has 0 aromatic rings. The Kier molecular flexibility index (Phi) is 25.4. The maximum Gasteiger partial charge on any atom is 0.389 e. The van der Waals surface area contributed by atoms with E-state index < -0.39 is 49.4 Å². The number of alkyl halides is 6. The molecule has 0 atom stereocenters. The Morgan fingerprint density at radius 1 is 0.543 bits per heavy atom. The first-order valence-electron chi connectivity index (χ1n) is 12.2. The topological polar surface area (TPSA) is 62.1 Å². The second-order valence-electron chi connectivity index (χ2n) is 11.4. The smallest absolute Gasteiger partial charge is 0.333 e. The van der Waals surface area contributed by atoms with Crippen LogP contribution in [-0.4, -0.2) is 83.3 Å². The van der Waals surface area contributed by atoms with Crippen LogP contribution in [0.3, 0.4) is 0 Å². The number of nitrogens with two attached hydrogens (primary N) is 1. The van der Waals surface area contributed by atoms with E-state index in [4.69, 9.17) is 0 Å². The van der Waals surface area contributed by atoms with Gasteiger partial charge in [0.2, 0.25) is 0 Å². The molecule has 35 heavy (non-hydrogen) atoms. The molecule has 0 aliphatic rings. The summed E-state index contributed by atoms with van der Waals surface area (Å²) in [5.74, 6) is 0. The van der Waals surface area contributed by atoms with Crippen LogP contribution in [0.4, 0.5) is 26.3 Å². The molecule has 0 rings (SSSR count). The summed E-state index contributed by atoms with van der Waals surface area (Å²) in [7, 11) is 3.61. The Labute approximate surface area is 215 Å². The van der Waals surface area contributed by atoms with Gasteiger partial charge in [0.1, 0.15) is 0 Å². The van der Waals surface area contributed by atoms with Gasteiger partial charge in [-0.3, -0.25) is 0 Å². The molecule has 0 heterocycles. The van der Waals surface area contributed by atoms with E-state index >= 15 is 0 Å². The van der Waals surface area contributed by atoms with E-state index in [1.807, 2.05) is 21.1 Å². The van der Waals surface area contributed by atoms with E-state index in [2.05, 4.69) is 67.5 Å². The van der Waals surface area contributed by atoms with Crippen molar-refractivity contribution in [1.82, 2.24) is 16.0 Å². The first kappa shape index (κ1) is 42.2. The lowest BCUT2D eigenvalue weighted by molar-refractivity contribution is -0.135. The third-order valence-corrected chi connectivity index (χ3v) is 12.1. The fourth-order valence-electron chi connectivity index (χ4n) is 3.20. The fraction of sp³-hybridized carbons (Fsp3) is 1.00. The van der Waals surface area contributed by atoms with Gasteiger partial charge >= 0.3 is 12.4 Å². The summed E-state index contributed by atoms with van der Waals surface area (Å²) in [5.41, 5.74) is 4.50. The summed E-state index contributed by atoms with van der Waals surface area (Å²) in [6, 6.07) is 1.49. The van der Waals surface area contributed by atoms with Crippen molar-refractivity contribution in [2.75, 3.05) is 46.7 Å². The summed E-state index contributed by atoms with van der Waals surface area (Å²) >= 11 is 0. The Hall–Kier alpha value is 0.0706. The fourth-order valence-corrected chi connectivity index (χ4v) is 8.80. The van der Waals surface area contributed by atoms with Crippen molar-refractivity contribution >= 4 is 24.2 Å². The van der Waals surface area contributed by atoms with Gasteiger partial charge < -0.3 is 21.7 Å². The molecule has 0 amide bonds. The Bertz CT molecular complexity index is 436. The second-order valence-corrected chi connectivity index (χ2v) is 27.3. The largest absolute Gasteiger partial charge is 0.389 e. The van der Waals surface area contributed by atoms with Crippen LogP contribution in [0, 0.1) is 0 Å². The predicted molar refractivity (Wildman–Crippen MR) is 150 cm³/mol. The van der Waals surface area contributed by atoms with Crippen molar-refractivity contribution in [3.8, 4) is 0 Å². The highest BCUT2D eigenvalue weighted by Crippen LogP contribution is 2.25. The average molecular weight is 575 g/mol. The predicted octanol–water partition coefficient (Wildman–Crippen LogP) is 6.25. The van der Waals surface area contributed by atoms with Crippen molar-refractivity contribution in [2.24, 2.45) is 5.73 Å². The Balaban J connectivity index is -0.000000207. The molecular formula is C22H56F6N4Si3. The monoisotopic (exact) mass is 574 g/mol. The molecule has 0 aromatic heterocycles. The summed E-state index contributed by atoms with van der Waals surface area (Å²) in [6.45, 7) is 15.5. The molecule has 0 aliphatic heterocycles. The number of hydrogen-bond donors (Lipinski definition) is 4. The lowest BCUT2D eigenvalue weighted by atomic mass is 10.3. The summed E-state index contributed by atoms with van der Waals surface area (Å²) in [4.78, 5) is 0. The minimum atomic E-state index is -3.98. The number of rotatable bonds is 12. The average Bonchev–Trinajstić information content (AvgIpc) is 2.60. The second kappa shape index (κ2) is 21.1. The van der Waals surface area contributed by atoms with Gasteiger partial charge in [-0.15, -0.1) is 0 Å². The zero-order valence-corrected chi connectivity index (χ0v) is 27.2. The molecular weight excluding hydrogens is 519 g/mol. The SMILES string of the molecule is CN.CNC[Si](C)(C)C.CNC[Si](C)(C)CCCC(F)(F)F.CNC[Si](C)(C)CCCC(F)(F)F. The van der Waals surface area contributed by atoms with E-state index in [1.54, 1.807) is 0 Å². The summed E-state index contributed by atoms with van der Waals surface area (Å²) in [5, 5.41) is 9.24. The number of hydrogen-bond acceptors (Lipinski definition) is 4. The standard InChI is InChI=1S/2C8H18F3NSi.C5H15NSi.CH5N/c2*1-12-7-13(2,3)6-4-5-8(9,10)11;1-6-5-7(2,3)4;1-2/h2*12H,4-7H2,1-3H3;6H,5H2,1-4H3;2H2,1H3. The summed E-state index contributed by atoms with van der Waals surface area (Å²) < 4.78 is 70.9. The number of halogens is 6. The van der Waals surface area contributed by atoms with Gasteiger partial charge in [-0.25, -0.2) is 0 Å². The van der Waals surface area contributed by atoms with Crippen LogP contribution in [0.25, 0.3) is 0 Å². The highest BCUT2D eigenvalue weighted by Gasteiger charge is 2.29. The highest BCUT2D eigenvalue weighted by molar-refractivity contribution is 6.78. The molecule has 5 N–H and O–H groups in total. The molecule has 0 aliphatic carbocycles. The van der Waals surface area contributed by atoms with Gasteiger partial charge in [0.15, 0.2) is 0 Å². The maximum atomic E-state index is 11.8. The van der Waals surface area contributed by atoms with E-state index in [0.29, 0.717) is 0 Å². The molecule has 0 fully saturated rings. The first-order chi connectivity index (χ1) is 15.6. The highest BCUT2D eigenvalue weighted by atomic mass is 28.3. The van der Waals surface area contributed by atoms with Crippen LogP contribution in [0.15, 0.2) is 0 Å². The van der Waals surface area contributed by atoms with Crippen molar-refractivity contribution in [3.63, 3.8) is 0 Å². The van der Waals surface area contributed by atoms with Crippen LogP contribution >= 0.6 is 0 Å². The van der Waals surface area contributed by atoms with Gasteiger partial charge in [0.05, 0.1) is 24.2 Å². The van der Waals surface area contributed by atoms with Crippen LogP contribution < -0.4 is 21.7 Å². The van der Waals surface area contributed by atoms with Crippen LogP contribution in [0.5, 0.6) is 0 Å². The molecule has 0 bridgehead atoms. The maximum absolute atomic E-state index is 11.8. The molecule has 0 radical (unpaired) electrons. The zero-order valence-electron chi connectivity index (χ0n) is 24.2. The minimum Gasteiger partial charge on any atom is -0.333 e. The Morgan fingerprint density at radius 2 is 0.800 bits per heavy atom. The number of nitrogens with one attached hydrogen (secondary N) is 3. The van der Waals surface area contributed by atoms with E-state index in [9.17, 15) is 26.3 Å². The van der Waals surface area contributed by atoms with Gasteiger partial charge in [0.25, 0.3) is 0 Å². The zero-order chi connectivity index (χ0) is 29.0. The Morgan fingerprint density at radius 3 is 0.943 bits per heavy atom.